The van der Waals surface area contributed by atoms with Crippen molar-refractivity contribution in [1.82, 2.24) is 19.4 Å². The summed E-state index contributed by atoms with van der Waals surface area (Å²) >= 11 is 0. The van der Waals surface area contributed by atoms with E-state index in [2.05, 4.69) is 63.6 Å². The topological polar surface area (TPSA) is 53.9 Å². The number of H-pyrrole nitrogens is 1. The van der Waals surface area contributed by atoms with Gasteiger partial charge in [-0.2, -0.15) is 0 Å². The number of aromatic nitrogens is 3. The number of fused-ring (bicyclic) bond motifs is 1. The fraction of sp³-hybridized carbons (Fsp3) is 0.333. The second-order valence-electron chi connectivity index (χ2n) is 7.10. The van der Waals surface area contributed by atoms with Crippen LogP contribution < -0.4 is 5.56 Å². The van der Waals surface area contributed by atoms with Crippen molar-refractivity contribution >= 4 is 0 Å². The van der Waals surface area contributed by atoms with E-state index in [-0.39, 0.29) is 5.56 Å². The Morgan fingerprint density at radius 3 is 2.69 bits per heavy atom. The third kappa shape index (κ3) is 2.99. The maximum absolute atomic E-state index is 12.3. The Kier molecular flexibility index (Phi) is 4.24. The van der Waals surface area contributed by atoms with Gasteiger partial charge >= 0.3 is 0 Å². The van der Waals surface area contributed by atoms with Crippen LogP contribution in [0, 0.1) is 20.8 Å². The molecule has 3 heterocycles. The van der Waals surface area contributed by atoms with Gasteiger partial charge in [-0.05, 0) is 44.5 Å². The average molecular weight is 348 g/mol. The van der Waals surface area contributed by atoms with E-state index in [1.165, 1.54) is 22.6 Å². The van der Waals surface area contributed by atoms with Crippen molar-refractivity contribution in [2.75, 3.05) is 6.54 Å². The summed E-state index contributed by atoms with van der Waals surface area (Å²) in [6, 6.07) is 12.7. The van der Waals surface area contributed by atoms with Crippen LogP contribution >= 0.6 is 0 Å². The van der Waals surface area contributed by atoms with Gasteiger partial charge in [0.15, 0.2) is 0 Å². The zero-order valence-corrected chi connectivity index (χ0v) is 15.5. The van der Waals surface area contributed by atoms with Crippen molar-refractivity contribution in [1.29, 1.82) is 0 Å². The number of hydrogen-bond acceptors (Lipinski definition) is 3. The molecule has 0 unspecified atom stereocenters. The molecule has 1 N–H and O–H groups in total. The minimum atomic E-state index is 0.00644. The van der Waals surface area contributed by atoms with Gasteiger partial charge in [0.1, 0.15) is 5.82 Å². The smallest absolute Gasteiger partial charge is 0.255 e. The lowest BCUT2D eigenvalue weighted by Gasteiger charge is -2.27. The molecule has 1 aliphatic rings. The fourth-order valence-electron chi connectivity index (χ4n) is 3.94. The van der Waals surface area contributed by atoms with Gasteiger partial charge in [-0.1, -0.05) is 18.2 Å². The minimum absolute atomic E-state index is 0.00644. The first-order chi connectivity index (χ1) is 12.5. The number of para-hydroxylation sites is 1. The molecule has 26 heavy (non-hydrogen) atoms. The molecular formula is C21H24N4O. The summed E-state index contributed by atoms with van der Waals surface area (Å²) in [4.78, 5) is 21.9. The molecule has 1 aliphatic heterocycles. The quantitative estimate of drug-likeness (QED) is 0.791. The molecule has 0 amide bonds. The molecule has 3 aromatic rings. The summed E-state index contributed by atoms with van der Waals surface area (Å²) in [7, 11) is 0. The summed E-state index contributed by atoms with van der Waals surface area (Å²) in [6.45, 7) is 8.59. The molecule has 0 bridgehead atoms. The molecule has 0 aliphatic carbocycles. The van der Waals surface area contributed by atoms with Crippen molar-refractivity contribution < 1.29 is 0 Å². The third-order valence-electron chi connectivity index (χ3n) is 5.21. The van der Waals surface area contributed by atoms with Crippen LogP contribution in [-0.2, 0) is 19.5 Å². The molecule has 0 saturated heterocycles. The van der Waals surface area contributed by atoms with Gasteiger partial charge in [-0.3, -0.25) is 9.69 Å². The van der Waals surface area contributed by atoms with Crippen molar-refractivity contribution in [3.63, 3.8) is 0 Å². The molecule has 0 atom stereocenters. The second-order valence-corrected chi connectivity index (χ2v) is 7.10. The highest BCUT2D eigenvalue weighted by molar-refractivity contribution is 5.41. The highest BCUT2D eigenvalue weighted by Crippen LogP contribution is 2.23. The van der Waals surface area contributed by atoms with E-state index < -0.39 is 0 Å². The van der Waals surface area contributed by atoms with Crippen LogP contribution in [0.25, 0.3) is 5.69 Å². The highest BCUT2D eigenvalue weighted by Gasteiger charge is 2.22. The van der Waals surface area contributed by atoms with Crippen LogP contribution in [0.3, 0.4) is 0 Å². The molecule has 0 saturated carbocycles. The van der Waals surface area contributed by atoms with Crippen molar-refractivity contribution in [2.24, 2.45) is 0 Å². The van der Waals surface area contributed by atoms with Gasteiger partial charge in [0.2, 0.25) is 0 Å². The predicted octanol–water partition coefficient (Wildman–Crippen LogP) is 3.04. The normalized spacial score (nSPS) is 14.4. The number of hydrogen-bond donors (Lipinski definition) is 1. The number of nitrogens with zero attached hydrogens (tertiary/aromatic N) is 3. The van der Waals surface area contributed by atoms with Crippen LogP contribution in [0.4, 0.5) is 0 Å². The lowest BCUT2D eigenvalue weighted by molar-refractivity contribution is 0.241. The second kappa shape index (κ2) is 6.57. The van der Waals surface area contributed by atoms with E-state index in [0.717, 1.165) is 30.8 Å². The van der Waals surface area contributed by atoms with E-state index in [0.29, 0.717) is 12.4 Å². The molecule has 134 valence electrons. The number of nitrogens with one attached hydrogen (secondary N) is 1. The Balaban J connectivity index is 1.60. The van der Waals surface area contributed by atoms with Crippen LogP contribution in [0.15, 0.2) is 41.2 Å². The van der Waals surface area contributed by atoms with E-state index in [1.54, 1.807) is 0 Å². The molecule has 4 rings (SSSR count). The zero-order valence-electron chi connectivity index (χ0n) is 15.5. The molecule has 5 nitrogen and oxygen atoms in total. The van der Waals surface area contributed by atoms with E-state index in [9.17, 15) is 4.79 Å². The Morgan fingerprint density at radius 1 is 1.15 bits per heavy atom. The van der Waals surface area contributed by atoms with E-state index in [1.807, 2.05) is 13.0 Å². The van der Waals surface area contributed by atoms with Gasteiger partial charge in [0.25, 0.3) is 5.56 Å². The number of benzene rings is 1. The molecule has 0 spiro atoms. The van der Waals surface area contributed by atoms with Gasteiger partial charge in [0, 0.05) is 43.1 Å². The van der Waals surface area contributed by atoms with Crippen LogP contribution in [0.2, 0.25) is 0 Å². The zero-order chi connectivity index (χ0) is 18.3. The maximum Gasteiger partial charge on any atom is 0.255 e. The van der Waals surface area contributed by atoms with E-state index >= 15 is 0 Å². The fourth-order valence-corrected chi connectivity index (χ4v) is 3.94. The minimum Gasteiger partial charge on any atom is -0.318 e. The molecule has 0 radical (unpaired) electrons. The molecule has 5 heteroatoms. The van der Waals surface area contributed by atoms with Crippen LogP contribution in [0.5, 0.6) is 0 Å². The first kappa shape index (κ1) is 16.8. The van der Waals surface area contributed by atoms with Crippen LogP contribution in [-0.4, -0.2) is 26.0 Å². The summed E-state index contributed by atoms with van der Waals surface area (Å²) in [5, 5.41) is 0. The molecule has 0 fully saturated rings. The van der Waals surface area contributed by atoms with Gasteiger partial charge in [-0.15, -0.1) is 0 Å². The first-order valence-electron chi connectivity index (χ1n) is 9.07. The number of rotatable bonds is 3. The van der Waals surface area contributed by atoms with Gasteiger partial charge < -0.3 is 9.55 Å². The summed E-state index contributed by atoms with van der Waals surface area (Å²) in [5.41, 5.74) is 6.77. The summed E-state index contributed by atoms with van der Waals surface area (Å²) < 4.78 is 2.30. The van der Waals surface area contributed by atoms with Gasteiger partial charge in [0.05, 0.1) is 11.3 Å². The third-order valence-corrected chi connectivity index (χ3v) is 5.21. The maximum atomic E-state index is 12.3. The average Bonchev–Trinajstić information content (AvgIpc) is 2.89. The lowest BCUT2D eigenvalue weighted by atomic mass is 10.1. The first-order valence-corrected chi connectivity index (χ1v) is 9.07. The summed E-state index contributed by atoms with van der Waals surface area (Å²) in [6.07, 6.45) is 0.831. The lowest BCUT2D eigenvalue weighted by Crippen LogP contribution is -2.35. The van der Waals surface area contributed by atoms with Crippen molar-refractivity contribution in [2.45, 2.75) is 40.3 Å². The Morgan fingerprint density at radius 2 is 1.92 bits per heavy atom. The van der Waals surface area contributed by atoms with Crippen LogP contribution in [0.1, 0.15) is 34.0 Å². The Bertz CT molecular complexity index is 1000. The van der Waals surface area contributed by atoms with E-state index in [4.69, 9.17) is 0 Å². The Hall–Kier alpha value is -2.66. The standard InChI is InChI=1S/C21H24N4O/c1-14-11-17(15(2)25(14)18-7-5-4-6-8-18)12-24-10-9-20-19(13-24)21(26)23-16(3)22-20/h4-8,11H,9-10,12-13H2,1-3H3,(H,22,23,26). The molecular weight excluding hydrogens is 324 g/mol. The molecule has 1 aromatic carbocycles. The summed E-state index contributed by atoms with van der Waals surface area (Å²) in [5.74, 6) is 0.702. The predicted molar refractivity (Wildman–Crippen MR) is 103 cm³/mol. The van der Waals surface area contributed by atoms with Crippen molar-refractivity contribution in [3.05, 3.63) is 80.8 Å². The van der Waals surface area contributed by atoms with Crippen molar-refractivity contribution in [3.8, 4) is 5.69 Å². The van der Waals surface area contributed by atoms with Gasteiger partial charge in [-0.25, -0.2) is 4.98 Å². The Labute approximate surface area is 153 Å². The highest BCUT2D eigenvalue weighted by atomic mass is 16.1. The number of aryl methyl sites for hydroxylation is 2. The molecule has 2 aromatic heterocycles. The number of aromatic amines is 1. The monoisotopic (exact) mass is 348 g/mol. The SMILES string of the molecule is Cc1nc2c(c(=O)[nH]1)CN(Cc1cc(C)n(-c3ccccc3)c1C)CC2. The largest absolute Gasteiger partial charge is 0.318 e.